The van der Waals surface area contributed by atoms with Crippen LogP contribution in [0.2, 0.25) is 0 Å². The summed E-state index contributed by atoms with van der Waals surface area (Å²) in [6, 6.07) is 9.64. The van der Waals surface area contributed by atoms with Gasteiger partial charge in [0.25, 0.3) is 0 Å². The number of H-pyrrole nitrogens is 1. The second-order valence-electron chi connectivity index (χ2n) is 6.54. The number of thioether (sulfide) groups is 1. The lowest BCUT2D eigenvalue weighted by atomic mass is 10.2. The first-order valence-corrected chi connectivity index (χ1v) is 9.81. The van der Waals surface area contributed by atoms with Crippen LogP contribution < -0.4 is 10.6 Å². The van der Waals surface area contributed by atoms with Crippen molar-refractivity contribution < 1.29 is 9.53 Å². The summed E-state index contributed by atoms with van der Waals surface area (Å²) in [5.74, 6) is 0.193. The van der Waals surface area contributed by atoms with Gasteiger partial charge in [0.1, 0.15) is 0 Å². The third-order valence-corrected chi connectivity index (χ3v) is 5.24. The Morgan fingerprint density at radius 2 is 2.19 bits per heavy atom. The first-order valence-electron chi connectivity index (χ1n) is 8.83. The topological polar surface area (TPSA) is 80.2 Å². The minimum absolute atomic E-state index is 0.0182. The number of nitrogens with zero attached hydrogens (tertiary/aromatic N) is 3. The summed E-state index contributed by atoms with van der Waals surface area (Å²) < 4.78 is 7.17. The van der Waals surface area contributed by atoms with Crippen molar-refractivity contribution in [2.24, 2.45) is 0 Å². The van der Waals surface area contributed by atoms with Gasteiger partial charge in [-0.2, -0.15) is 0 Å². The van der Waals surface area contributed by atoms with Gasteiger partial charge in [0.15, 0.2) is 5.16 Å². The van der Waals surface area contributed by atoms with Crippen molar-refractivity contribution in [1.82, 2.24) is 14.8 Å². The van der Waals surface area contributed by atoms with Crippen molar-refractivity contribution in [1.29, 1.82) is 0 Å². The molecule has 1 aromatic heterocycles. The molecule has 2 aromatic rings. The van der Waals surface area contributed by atoms with Gasteiger partial charge in [0.2, 0.25) is 5.91 Å². The molecule has 140 valence electrons. The lowest BCUT2D eigenvalue weighted by Gasteiger charge is -2.26. The van der Waals surface area contributed by atoms with Crippen LogP contribution in [0.4, 0.5) is 5.69 Å². The van der Waals surface area contributed by atoms with Gasteiger partial charge in [-0.05, 0) is 38.8 Å². The zero-order chi connectivity index (χ0) is 18.5. The summed E-state index contributed by atoms with van der Waals surface area (Å²) >= 11 is 1.27. The summed E-state index contributed by atoms with van der Waals surface area (Å²) in [6.45, 7) is 5.17. The monoisotopic (exact) mass is 376 g/mol. The number of ether oxygens (including phenoxy) is 1. The van der Waals surface area contributed by atoms with Crippen molar-refractivity contribution in [2.45, 2.75) is 50.5 Å². The van der Waals surface area contributed by atoms with E-state index in [0.717, 1.165) is 25.1 Å². The molecular formula is C18H24N4O3S. The molecule has 0 saturated carbocycles. The number of para-hydroxylation sites is 1. The first kappa shape index (κ1) is 18.7. The highest BCUT2D eigenvalue weighted by atomic mass is 32.2. The van der Waals surface area contributed by atoms with E-state index in [0.29, 0.717) is 11.7 Å². The smallest absolute Gasteiger partial charge is 0.344 e. The standard InChI is InChI=1S/C18H24N4O3S/c1-13(2)22(14-7-4-3-5-8-14)16(23)12-26-18-20-19-17(24)21(18)11-15-9-6-10-25-15/h3-5,7-8,13,15H,6,9-12H2,1-2H3,(H,19,24). The number of amides is 1. The van der Waals surface area contributed by atoms with E-state index >= 15 is 0 Å². The van der Waals surface area contributed by atoms with Crippen molar-refractivity contribution in [3.63, 3.8) is 0 Å². The van der Waals surface area contributed by atoms with Gasteiger partial charge in [0.05, 0.1) is 18.4 Å². The Morgan fingerprint density at radius 1 is 1.42 bits per heavy atom. The fourth-order valence-electron chi connectivity index (χ4n) is 3.08. The number of carbonyl (C=O) groups excluding carboxylic acids is 1. The van der Waals surface area contributed by atoms with Gasteiger partial charge in [-0.3, -0.25) is 9.36 Å². The molecule has 26 heavy (non-hydrogen) atoms. The number of aromatic nitrogens is 3. The van der Waals surface area contributed by atoms with E-state index in [2.05, 4.69) is 10.2 Å². The molecule has 3 rings (SSSR count). The van der Waals surface area contributed by atoms with E-state index in [9.17, 15) is 9.59 Å². The molecule has 1 saturated heterocycles. The largest absolute Gasteiger partial charge is 0.376 e. The highest BCUT2D eigenvalue weighted by Crippen LogP contribution is 2.21. The SMILES string of the molecule is CC(C)N(C(=O)CSc1n[nH]c(=O)n1CC1CCCO1)c1ccccc1. The van der Waals surface area contributed by atoms with Crippen LogP contribution >= 0.6 is 11.8 Å². The third kappa shape index (κ3) is 4.37. The van der Waals surface area contributed by atoms with Gasteiger partial charge < -0.3 is 9.64 Å². The molecule has 7 nitrogen and oxygen atoms in total. The van der Waals surface area contributed by atoms with Crippen LogP contribution in [0.25, 0.3) is 0 Å². The Morgan fingerprint density at radius 3 is 2.85 bits per heavy atom. The molecule has 2 heterocycles. The zero-order valence-electron chi connectivity index (χ0n) is 15.1. The number of hydrogen-bond acceptors (Lipinski definition) is 5. The molecule has 1 unspecified atom stereocenters. The molecule has 1 aromatic carbocycles. The highest BCUT2D eigenvalue weighted by molar-refractivity contribution is 7.99. The minimum atomic E-state index is -0.265. The van der Waals surface area contributed by atoms with Crippen molar-refractivity contribution in [3.05, 3.63) is 40.8 Å². The predicted molar refractivity (Wildman–Crippen MR) is 102 cm³/mol. The molecule has 0 aliphatic carbocycles. The minimum Gasteiger partial charge on any atom is -0.376 e. The molecule has 1 N–H and O–H groups in total. The molecule has 0 radical (unpaired) electrons. The van der Waals surface area contributed by atoms with E-state index in [1.165, 1.54) is 11.8 Å². The Kier molecular flexibility index (Phi) is 6.16. The van der Waals surface area contributed by atoms with Crippen molar-refractivity contribution in [3.8, 4) is 0 Å². The summed E-state index contributed by atoms with van der Waals surface area (Å²) in [5, 5.41) is 7.07. The molecule has 1 amide bonds. The number of carbonyl (C=O) groups is 1. The Balaban J connectivity index is 1.68. The predicted octanol–water partition coefficient (Wildman–Crippen LogP) is 2.28. The molecule has 1 aliphatic rings. The lowest BCUT2D eigenvalue weighted by Crippen LogP contribution is -2.38. The van der Waals surface area contributed by atoms with Crippen LogP contribution in [-0.4, -0.2) is 45.2 Å². The second-order valence-corrected chi connectivity index (χ2v) is 7.48. The van der Waals surface area contributed by atoms with E-state index in [4.69, 9.17) is 4.74 Å². The van der Waals surface area contributed by atoms with Crippen molar-refractivity contribution >= 4 is 23.4 Å². The summed E-state index contributed by atoms with van der Waals surface area (Å²) in [6.07, 6.45) is 1.99. The van der Waals surface area contributed by atoms with Gasteiger partial charge >= 0.3 is 5.69 Å². The maximum Gasteiger partial charge on any atom is 0.344 e. The highest BCUT2D eigenvalue weighted by Gasteiger charge is 2.22. The fourth-order valence-corrected chi connectivity index (χ4v) is 3.90. The van der Waals surface area contributed by atoms with Crippen LogP contribution in [0.5, 0.6) is 0 Å². The summed E-state index contributed by atoms with van der Waals surface area (Å²) in [4.78, 5) is 26.6. The van der Waals surface area contributed by atoms with Crippen LogP contribution in [0, 0.1) is 0 Å². The molecular weight excluding hydrogens is 352 g/mol. The van der Waals surface area contributed by atoms with Gasteiger partial charge in [-0.15, -0.1) is 5.10 Å². The quantitative estimate of drug-likeness (QED) is 0.750. The van der Waals surface area contributed by atoms with Crippen LogP contribution in [0.3, 0.4) is 0 Å². The summed E-state index contributed by atoms with van der Waals surface area (Å²) in [7, 11) is 0. The normalized spacial score (nSPS) is 17.0. The average Bonchev–Trinajstić information content (AvgIpc) is 3.25. The second kappa shape index (κ2) is 8.55. The van der Waals surface area contributed by atoms with Crippen LogP contribution in [0.1, 0.15) is 26.7 Å². The maximum atomic E-state index is 12.8. The molecule has 1 aliphatic heterocycles. The Hall–Kier alpha value is -2.06. The fraction of sp³-hybridized carbons (Fsp3) is 0.500. The third-order valence-electron chi connectivity index (χ3n) is 4.28. The number of benzene rings is 1. The molecule has 1 atom stereocenters. The maximum absolute atomic E-state index is 12.8. The average molecular weight is 376 g/mol. The lowest BCUT2D eigenvalue weighted by molar-refractivity contribution is -0.116. The number of hydrogen-bond donors (Lipinski definition) is 1. The number of aromatic amines is 1. The van der Waals surface area contributed by atoms with Gasteiger partial charge in [0, 0.05) is 18.3 Å². The van der Waals surface area contributed by atoms with Crippen LogP contribution in [-0.2, 0) is 16.1 Å². The molecule has 8 heteroatoms. The molecule has 0 bridgehead atoms. The number of nitrogens with one attached hydrogen (secondary N) is 1. The zero-order valence-corrected chi connectivity index (χ0v) is 15.9. The van der Waals surface area contributed by atoms with E-state index in [-0.39, 0.29) is 29.5 Å². The van der Waals surface area contributed by atoms with Crippen molar-refractivity contribution in [2.75, 3.05) is 17.3 Å². The molecule has 1 fully saturated rings. The Bertz CT molecular complexity index is 781. The van der Waals surface area contributed by atoms with Gasteiger partial charge in [-0.25, -0.2) is 9.89 Å². The number of anilines is 1. The summed E-state index contributed by atoms with van der Waals surface area (Å²) in [5.41, 5.74) is 0.603. The Labute approximate surface area is 156 Å². The number of rotatable bonds is 7. The molecule has 0 spiro atoms. The van der Waals surface area contributed by atoms with E-state index in [1.807, 2.05) is 44.2 Å². The van der Waals surface area contributed by atoms with Crippen LogP contribution in [0.15, 0.2) is 40.3 Å². The van der Waals surface area contributed by atoms with E-state index in [1.54, 1.807) is 9.47 Å². The first-order chi connectivity index (χ1) is 12.6. The van der Waals surface area contributed by atoms with Gasteiger partial charge in [-0.1, -0.05) is 30.0 Å². The van der Waals surface area contributed by atoms with E-state index < -0.39 is 0 Å².